The molecule has 170 valence electrons. The third-order valence-corrected chi connectivity index (χ3v) is 5.46. The van der Waals surface area contributed by atoms with E-state index in [9.17, 15) is 5.11 Å². The van der Waals surface area contributed by atoms with Crippen LogP contribution in [0, 0.1) is 17.8 Å². The largest absolute Gasteiger partial charge is 0.489 e. The molecule has 3 N–H and O–H groups in total. The van der Waals surface area contributed by atoms with Gasteiger partial charge in [-0.2, -0.15) is 0 Å². The number of pyridine rings is 1. The Morgan fingerprint density at radius 2 is 2.19 bits per heavy atom. The highest BCUT2D eigenvalue weighted by Crippen LogP contribution is 2.33. The zero-order valence-corrected chi connectivity index (χ0v) is 18.9. The van der Waals surface area contributed by atoms with Crippen molar-refractivity contribution in [2.24, 2.45) is 5.92 Å². The number of nitrogens with zero attached hydrogens (tertiary/aromatic N) is 6. The van der Waals surface area contributed by atoms with Crippen molar-refractivity contribution in [1.29, 1.82) is 0 Å². The number of hydrogen-bond donors (Lipinski definition) is 2. The third-order valence-electron chi connectivity index (χ3n) is 5.46. The van der Waals surface area contributed by atoms with E-state index in [4.69, 9.17) is 20.1 Å². The topological polar surface area (TPSA) is 128 Å². The SMILES string of the molecule is CCn1c(-c2nonc2N)nc2c(C#CC(C)(C)O)ncc(OCC3CCCN(C)C3)c21. The maximum absolute atomic E-state index is 10.0. The minimum atomic E-state index is -1.16. The van der Waals surface area contributed by atoms with Crippen molar-refractivity contribution >= 4 is 16.9 Å². The molecule has 1 aliphatic heterocycles. The number of nitrogens with two attached hydrogens (primary N) is 1. The molecular formula is C22H29N7O3. The number of aromatic nitrogens is 5. The average molecular weight is 440 g/mol. The molecule has 0 aliphatic carbocycles. The summed E-state index contributed by atoms with van der Waals surface area (Å²) in [4.78, 5) is 11.6. The highest BCUT2D eigenvalue weighted by atomic mass is 16.6. The summed E-state index contributed by atoms with van der Waals surface area (Å²) < 4.78 is 13.0. The fourth-order valence-electron chi connectivity index (χ4n) is 3.98. The minimum absolute atomic E-state index is 0.153. The summed E-state index contributed by atoms with van der Waals surface area (Å²) in [6, 6.07) is 0. The summed E-state index contributed by atoms with van der Waals surface area (Å²) in [5, 5.41) is 17.7. The molecule has 1 atom stereocenters. The summed E-state index contributed by atoms with van der Waals surface area (Å²) in [5.41, 5.74) is 6.89. The number of likely N-dealkylation sites (tertiary alicyclic amines) is 1. The summed E-state index contributed by atoms with van der Waals surface area (Å²) in [6.07, 6.45) is 3.97. The molecule has 3 aromatic heterocycles. The van der Waals surface area contributed by atoms with Gasteiger partial charge >= 0.3 is 0 Å². The molecule has 32 heavy (non-hydrogen) atoms. The molecule has 0 amide bonds. The monoisotopic (exact) mass is 439 g/mol. The minimum Gasteiger partial charge on any atom is -0.489 e. The quantitative estimate of drug-likeness (QED) is 0.573. The van der Waals surface area contributed by atoms with Crippen molar-refractivity contribution in [3.8, 4) is 29.1 Å². The van der Waals surface area contributed by atoms with E-state index in [-0.39, 0.29) is 5.82 Å². The lowest BCUT2D eigenvalue weighted by molar-refractivity contribution is 0.143. The number of piperidine rings is 1. The molecule has 0 saturated carbocycles. The molecule has 1 saturated heterocycles. The molecule has 1 unspecified atom stereocenters. The summed E-state index contributed by atoms with van der Waals surface area (Å²) in [5.74, 6) is 7.49. The van der Waals surface area contributed by atoms with Gasteiger partial charge in [0.15, 0.2) is 23.1 Å². The molecule has 10 heteroatoms. The van der Waals surface area contributed by atoms with Crippen LogP contribution in [0.1, 0.15) is 39.3 Å². The lowest BCUT2D eigenvalue weighted by atomic mass is 10.00. The van der Waals surface area contributed by atoms with Gasteiger partial charge in [-0.15, -0.1) is 0 Å². The first-order valence-electron chi connectivity index (χ1n) is 10.8. The van der Waals surface area contributed by atoms with Crippen LogP contribution in [0.25, 0.3) is 22.6 Å². The van der Waals surface area contributed by atoms with Gasteiger partial charge in [-0.1, -0.05) is 5.92 Å². The van der Waals surface area contributed by atoms with Gasteiger partial charge in [0.25, 0.3) is 0 Å². The zero-order chi connectivity index (χ0) is 22.9. The van der Waals surface area contributed by atoms with Gasteiger partial charge in [-0.3, -0.25) is 0 Å². The first-order chi connectivity index (χ1) is 15.3. The molecule has 4 rings (SSSR count). The smallest absolute Gasteiger partial charge is 0.199 e. The van der Waals surface area contributed by atoms with Gasteiger partial charge in [-0.05, 0) is 63.4 Å². The molecule has 10 nitrogen and oxygen atoms in total. The van der Waals surface area contributed by atoms with Crippen LogP contribution >= 0.6 is 0 Å². The Labute approximate surface area is 186 Å². The van der Waals surface area contributed by atoms with E-state index in [0.29, 0.717) is 47.5 Å². The van der Waals surface area contributed by atoms with Crippen LogP contribution in [0.4, 0.5) is 5.82 Å². The van der Waals surface area contributed by atoms with Crippen LogP contribution < -0.4 is 10.5 Å². The molecule has 0 aromatic carbocycles. The van der Waals surface area contributed by atoms with Crippen molar-refractivity contribution in [2.45, 2.75) is 45.8 Å². The van der Waals surface area contributed by atoms with Crippen LogP contribution in [0.3, 0.4) is 0 Å². The summed E-state index contributed by atoms with van der Waals surface area (Å²) in [6.45, 7) is 8.54. The number of aryl methyl sites for hydroxylation is 1. The predicted octanol–water partition coefficient (Wildman–Crippen LogP) is 1.93. The Morgan fingerprint density at radius 3 is 2.84 bits per heavy atom. The van der Waals surface area contributed by atoms with Crippen LogP contribution in [0.15, 0.2) is 10.8 Å². The molecular weight excluding hydrogens is 410 g/mol. The fraction of sp³-hybridized carbons (Fsp3) is 0.545. The van der Waals surface area contributed by atoms with Crippen molar-refractivity contribution in [3.63, 3.8) is 0 Å². The zero-order valence-electron chi connectivity index (χ0n) is 18.9. The Kier molecular flexibility index (Phi) is 6.04. The molecule has 0 radical (unpaired) electrons. The van der Waals surface area contributed by atoms with E-state index in [2.05, 4.69) is 39.1 Å². The lowest BCUT2D eigenvalue weighted by Gasteiger charge is -2.29. The molecule has 0 spiro atoms. The van der Waals surface area contributed by atoms with Gasteiger partial charge in [0.05, 0.1) is 12.8 Å². The Hall–Kier alpha value is -3.16. The van der Waals surface area contributed by atoms with Gasteiger partial charge in [0, 0.05) is 19.0 Å². The number of nitrogen functional groups attached to an aromatic ring is 1. The van der Waals surface area contributed by atoms with Crippen LogP contribution in [0.2, 0.25) is 0 Å². The van der Waals surface area contributed by atoms with Gasteiger partial charge in [0.1, 0.15) is 22.3 Å². The fourth-order valence-corrected chi connectivity index (χ4v) is 3.98. The number of imidazole rings is 1. The lowest BCUT2D eigenvalue weighted by Crippen LogP contribution is -2.34. The van der Waals surface area contributed by atoms with Gasteiger partial charge in [0.2, 0.25) is 0 Å². The second-order valence-corrected chi connectivity index (χ2v) is 8.74. The first-order valence-corrected chi connectivity index (χ1v) is 10.8. The first kappa shape index (κ1) is 22.0. The Morgan fingerprint density at radius 1 is 1.38 bits per heavy atom. The molecule has 4 heterocycles. The van der Waals surface area contributed by atoms with E-state index in [0.717, 1.165) is 25.0 Å². The second-order valence-electron chi connectivity index (χ2n) is 8.74. The highest BCUT2D eigenvalue weighted by molar-refractivity contribution is 5.89. The maximum atomic E-state index is 10.0. The van der Waals surface area contributed by atoms with Crippen LogP contribution in [0.5, 0.6) is 5.75 Å². The van der Waals surface area contributed by atoms with E-state index in [1.165, 1.54) is 6.42 Å². The van der Waals surface area contributed by atoms with Gasteiger partial charge < -0.3 is 25.0 Å². The summed E-state index contributed by atoms with van der Waals surface area (Å²) >= 11 is 0. The number of fused-ring (bicyclic) bond motifs is 1. The molecule has 3 aromatic rings. The second kappa shape index (κ2) is 8.76. The molecule has 1 fully saturated rings. The number of rotatable bonds is 5. The van der Waals surface area contributed by atoms with Crippen molar-refractivity contribution in [1.82, 2.24) is 29.7 Å². The third kappa shape index (κ3) is 4.54. The highest BCUT2D eigenvalue weighted by Gasteiger charge is 2.24. The van der Waals surface area contributed by atoms with E-state index in [1.807, 2.05) is 11.5 Å². The number of aliphatic hydroxyl groups is 1. The van der Waals surface area contributed by atoms with Gasteiger partial charge in [-0.25, -0.2) is 14.6 Å². The van der Waals surface area contributed by atoms with E-state index >= 15 is 0 Å². The standard InChI is InChI=1S/C22H29N7O3/c1-5-29-19-16(31-13-14-7-6-10-28(4)12-14)11-24-15(8-9-22(2,3)30)17(19)25-21(29)18-20(23)27-32-26-18/h11,14,30H,5-7,10,12-13H2,1-4H3,(H2,23,27). The Balaban J connectivity index is 1.80. The Bertz CT molecular complexity index is 1170. The van der Waals surface area contributed by atoms with Crippen LogP contribution in [-0.2, 0) is 6.54 Å². The average Bonchev–Trinajstić information content (AvgIpc) is 3.33. The van der Waals surface area contributed by atoms with Crippen molar-refractivity contribution < 1.29 is 14.5 Å². The molecule has 1 aliphatic rings. The maximum Gasteiger partial charge on any atom is 0.199 e. The van der Waals surface area contributed by atoms with E-state index in [1.54, 1.807) is 20.0 Å². The van der Waals surface area contributed by atoms with Crippen molar-refractivity contribution in [2.75, 3.05) is 32.5 Å². The number of ether oxygens (including phenoxy) is 1. The van der Waals surface area contributed by atoms with Crippen LogP contribution in [-0.4, -0.2) is 67.2 Å². The molecule has 0 bridgehead atoms. The predicted molar refractivity (Wildman–Crippen MR) is 120 cm³/mol. The summed E-state index contributed by atoms with van der Waals surface area (Å²) in [7, 11) is 2.14. The number of anilines is 1. The van der Waals surface area contributed by atoms with E-state index < -0.39 is 5.60 Å². The van der Waals surface area contributed by atoms with Crippen molar-refractivity contribution in [3.05, 3.63) is 11.9 Å². The number of hydrogen-bond acceptors (Lipinski definition) is 9. The normalized spacial score (nSPS) is 17.3.